The molecule has 0 saturated carbocycles. The molecule has 2 N–H and O–H groups in total. The lowest BCUT2D eigenvalue weighted by Crippen LogP contribution is -2.39. The van der Waals surface area contributed by atoms with E-state index in [2.05, 4.69) is 29.0 Å². The van der Waals surface area contributed by atoms with Crippen LogP contribution in [0.4, 0.5) is 21.6 Å². The van der Waals surface area contributed by atoms with Crippen molar-refractivity contribution in [2.75, 3.05) is 29.9 Å². The number of hydrogen-bond donors (Lipinski definition) is 2. The van der Waals surface area contributed by atoms with Gasteiger partial charge in [0, 0.05) is 54.4 Å². The van der Waals surface area contributed by atoms with E-state index in [9.17, 15) is 14.3 Å². The van der Waals surface area contributed by atoms with E-state index in [1.807, 2.05) is 64.1 Å². The lowest BCUT2D eigenvalue weighted by molar-refractivity contribution is -0.160. The number of nitrogens with one attached hydrogen (secondary N) is 1. The number of hydrogen-bond acceptors (Lipinski definition) is 7. The lowest BCUT2D eigenvalue weighted by atomic mass is 9.82. The Bertz CT molecular complexity index is 1660. The SMILES string of the molecule is Cc1nc(Nc2ccncc2)c(-c2ccc(OCCc3ccc(F)cc3)cc2)c(N2CCC(C)(C)CC2)c1[C@H](OC(C)(C)C)C(=O)O. The van der Waals surface area contributed by atoms with Gasteiger partial charge in [-0.25, -0.2) is 14.2 Å². The summed E-state index contributed by atoms with van der Waals surface area (Å²) in [6.45, 7) is 14.0. The van der Waals surface area contributed by atoms with Gasteiger partial charge in [-0.3, -0.25) is 4.98 Å². The average molecular weight is 641 g/mol. The zero-order valence-electron chi connectivity index (χ0n) is 28.1. The number of carboxylic acids is 1. The third-order valence-electron chi connectivity index (χ3n) is 8.45. The Morgan fingerprint density at radius 1 is 1.02 bits per heavy atom. The fourth-order valence-corrected chi connectivity index (χ4v) is 5.86. The van der Waals surface area contributed by atoms with Crippen molar-refractivity contribution >= 4 is 23.2 Å². The minimum atomic E-state index is -1.23. The number of benzene rings is 2. The van der Waals surface area contributed by atoms with Gasteiger partial charge in [0.2, 0.25) is 0 Å². The Hall–Kier alpha value is -4.50. The molecule has 2 aromatic heterocycles. The Kier molecular flexibility index (Phi) is 10.2. The monoisotopic (exact) mass is 640 g/mol. The van der Waals surface area contributed by atoms with E-state index < -0.39 is 17.7 Å². The van der Waals surface area contributed by atoms with Crippen LogP contribution in [0.5, 0.6) is 5.75 Å². The molecule has 8 nitrogen and oxygen atoms in total. The van der Waals surface area contributed by atoms with Crippen LogP contribution in [-0.4, -0.2) is 46.3 Å². The van der Waals surface area contributed by atoms with Gasteiger partial charge in [-0.05, 0) is 93.5 Å². The molecule has 2 aromatic carbocycles. The minimum absolute atomic E-state index is 0.179. The number of anilines is 3. The number of piperidine rings is 1. The molecule has 0 radical (unpaired) electrons. The first kappa shape index (κ1) is 33.9. The van der Waals surface area contributed by atoms with Crippen LogP contribution in [-0.2, 0) is 16.0 Å². The number of ether oxygens (including phenoxy) is 2. The fraction of sp³-hybridized carbons (Fsp3) is 0.395. The standard InChI is InChI=1S/C38H45FN4O4/c1-25-31(34(36(44)45)47-37(2,3)4)33(43-22-18-38(5,6)19-23-43)32(35(41-25)42-29-15-20-40-21-16-29)27-9-13-30(14-10-27)46-24-17-26-7-11-28(39)12-8-26/h7-16,20-21,34H,17-19,22-24H2,1-6H3,(H,44,45)(H,40,41,42)/t34-/m0/s1. The normalized spacial score (nSPS) is 15.3. The highest BCUT2D eigenvalue weighted by Gasteiger charge is 2.37. The molecule has 1 aliphatic heterocycles. The topological polar surface area (TPSA) is 96.8 Å². The van der Waals surface area contributed by atoms with Gasteiger partial charge in [0.25, 0.3) is 0 Å². The van der Waals surface area contributed by atoms with E-state index >= 15 is 0 Å². The van der Waals surface area contributed by atoms with Gasteiger partial charge >= 0.3 is 5.97 Å². The number of aromatic nitrogens is 2. The molecule has 47 heavy (non-hydrogen) atoms. The minimum Gasteiger partial charge on any atom is -0.493 e. The number of aryl methyl sites for hydroxylation is 1. The summed E-state index contributed by atoms with van der Waals surface area (Å²) in [6.07, 6.45) is 4.76. The molecule has 0 amide bonds. The number of rotatable bonds is 11. The van der Waals surface area contributed by atoms with Gasteiger partial charge in [0.15, 0.2) is 6.10 Å². The predicted molar refractivity (Wildman–Crippen MR) is 184 cm³/mol. The number of nitrogens with zero attached hydrogens (tertiary/aromatic N) is 3. The van der Waals surface area contributed by atoms with Crippen LogP contribution in [0.25, 0.3) is 11.1 Å². The average Bonchev–Trinajstić information content (AvgIpc) is 3.01. The number of halogens is 1. The van der Waals surface area contributed by atoms with Crippen molar-refractivity contribution in [3.8, 4) is 16.9 Å². The highest BCUT2D eigenvalue weighted by Crippen LogP contribution is 2.47. The van der Waals surface area contributed by atoms with Gasteiger partial charge < -0.3 is 24.8 Å². The van der Waals surface area contributed by atoms with Crippen LogP contribution in [0.3, 0.4) is 0 Å². The predicted octanol–water partition coefficient (Wildman–Crippen LogP) is 8.52. The maximum Gasteiger partial charge on any atom is 0.337 e. The van der Waals surface area contributed by atoms with Gasteiger partial charge in [-0.1, -0.05) is 38.1 Å². The third-order valence-corrected chi connectivity index (χ3v) is 8.45. The van der Waals surface area contributed by atoms with Gasteiger partial charge in [0.05, 0.1) is 17.9 Å². The van der Waals surface area contributed by atoms with Crippen molar-refractivity contribution in [2.24, 2.45) is 5.41 Å². The van der Waals surface area contributed by atoms with Crippen molar-refractivity contribution in [2.45, 2.75) is 72.5 Å². The molecule has 9 heteroatoms. The number of pyridine rings is 2. The van der Waals surface area contributed by atoms with E-state index in [4.69, 9.17) is 14.5 Å². The first-order chi connectivity index (χ1) is 22.3. The Balaban J connectivity index is 1.61. The maximum absolute atomic E-state index is 13.3. The molecular formula is C38H45FN4O4. The summed E-state index contributed by atoms with van der Waals surface area (Å²) in [5, 5.41) is 14.1. The van der Waals surface area contributed by atoms with E-state index in [1.165, 1.54) is 12.1 Å². The molecule has 5 rings (SSSR count). The van der Waals surface area contributed by atoms with Crippen LogP contribution in [0.15, 0.2) is 73.1 Å². The zero-order chi connectivity index (χ0) is 33.8. The van der Waals surface area contributed by atoms with Gasteiger partial charge in [-0.2, -0.15) is 0 Å². The molecular weight excluding hydrogens is 595 g/mol. The zero-order valence-corrected chi connectivity index (χ0v) is 28.1. The largest absolute Gasteiger partial charge is 0.493 e. The molecule has 1 fully saturated rings. The third kappa shape index (κ3) is 8.65. The van der Waals surface area contributed by atoms with Crippen LogP contribution >= 0.6 is 0 Å². The molecule has 1 aliphatic rings. The van der Waals surface area contributed by atoms with Gasteiger partial charge in [0.1, 0.15) is 17.4 Å². The highest BCUT2D eigenvalue weighted by atomic mass is 19.1. The summed E-state index contributed by atoms with van der Waals surface area (Å²) < 4.78 is 25.6. The van der Waals surface area contributed by atoms with Crippen LogP contribution in [0.2, 0.25) is 0 Å². The molecule has 3 heterocycles. The highest BCUT2D eigenvalue weighted by molar-refractivity contribution is 5.93. The van der Waals surface area contributed by atoms with E-state index in [0.29, 0.717) is 35.9 Å². The number of carbonyl (C=O) groups is 1. The Morgan fingerprint density at radius 3 is 2.26 bits per heavy atom. The fourth-order valence-electron chi connectivity index (χ4n) is 5.86. The van der Waals surface area contributed by atoms with Crippen molar-refractivity contribution in [1.82, 2.24) is 9.97 Å². The van der Waals surface area contributed by atoms with E-state index in [1.54, 1.807) is 24.5 Å². The molecule has 0 unspecified atom stereocenters. The Morgan fingerprint density at radius 2 is 1.66 bits per heavy atom. The van der Waals surface area contributed by atoms with Crippen molar-refractivity contribution in [3.05, 3.63) is 95.7 Å². The van der Waals surface area contributed by atoms with Crippen molar-refractivity contribution < 1.29 is 23.8 Å². The maximum atomic E-state index is 13.3. The molecule has 0 aliphatic carbocycles. The van der Waals surface area contributed by atoms with E-state index in [0.717, 1.165) is 54.0 Å². The summed E-state index contributed by atoms with van der Waals surface area (Å²) in [5.41, 5.74) is 4.89. The first-order valence-corrected chi connectivity index (χ1v) is 16.1. The molecule has 0 bridgehead atoms. The molecule has 0 spiro atoms. The van der Waals surface area contributed by atoms with Crippen molar-refractivity contribution in [1.29, 1.82) is 0 Å². The number of aliphatic carboxylic acids is 1. The summed E-state index contributed by atoms with van der Waals surface area (Å²) >= 11 is 0. The lowest BCUT2D eigenvalue weighted by Gasteiger charge is -2.41. The van der Waals surface area contributed by atoms with Crippen LogP contribution < -0.4 is 15.0 Å². The second kappa shape index (κ2) is 14.1. The Labute approximate surface area is 277 Å². The summed E-state index contributed by atoms with van der Waals surface area (Å²) in [6, 6.07) is 18.0. The van der Waals surface area contributed by atoms with Gasteiger partial charge in [-0.15, -0.1) is 0 Å². The summed E-state index contributed by atoms with van der Waals surface area (Å²) in [4.78, 5) is 24.4. The number of carboxylic acid groups (broad SMARTS) is 1. The summed E-state index contributed by atoms with van der Waals surface area (Å²) in [5.74, 6) is -0.0131. The van der Waals surface area contributed by atoms with Crippen molar-refractivity contribution in [3.63, 3.8) is 0 Å². The smallest absolute Gasteiger partial charge is 0.337 e. The van der Waals surface area contributed by atoms with Crippen LogP contribution in [0.1, 0.15) is 70.4 Å². The quantitative estimate of drug-likeness (QED) is 0.168. The second-order valence-electron chi connectivity index (χ2n) is 13.9. The van der Waals surface area contributed by atoms with E-state index in [-0.39, 0.29) is 11.2 Å². The molecule has 248 valence electrons. The summed E-state index contributed by atoms with van der Waals surface area (Å²) in [7, 11) is 0. The molecule has 1 saturated heterocycles. The first-order valence-electron chi connectivity index (χ1n) is 16.1. The second-order valence-corrected chi connectivity index (χ2v) is 13.9. The molecule has 1 atom stereocenters. The van der Waals surface area contributed by atoms with Crippen LogP contribution in [0, 0.1) is 18.2 Å². The molecule has 4 aromatic rings.